The lowest BCUT2D eigenvalue weighted by Gasteiger charge is -2.11. The summed E-state index contributed by atoms with van der Waals surface area (Å²) in [6.07, 6.45) is 1.78. The SMILES string of the molecule is NC(=S)c1cc(-c2cn(CC(CF)CF)c3cc(CO)ccc23)ccc1F. The molecule has 0 saturated heterocycles. The van der Waals surface area contributed by atoms with Crippen molar-refractivity contribution < 1.29 is 18.3 Å². The van der Waals surface area contributed by atoms with E-state index in [9.17, 15) is 18.3 Å². The van der Waals surface area contributed by atoms with E-state index in [0.717, 1.165) is 16.5 Å². The molecule has 3 rings (SSSR count). The van der Waals surface area contributed by atoms with Crippen LogP contribution in [0, 0.1) is 11.7 Å². The molecule has 0 aliphatic heterocycles. The van der Waals surface area contributed by atoms with Gasteiger partial charge in [0.2, 0.25) is 0 Å². The van der Waals surface area contributed by atoms with Crippen LogP contribution in [0.5, 0.6) is 0 Å². The Hall–Kier alpha value is -2.38. The normalized spacial score (nSPS) is 11.4. The molecule has 0 spiro atoms. The monoisotopic (exact) mass is 392 g/mol. The van der Waals surface area contributed by atoms with Crippen molar-refractivity contribution in [2.75, 3.05) is 13.3 Å². The van der Waals surface area contributed by atoms with Gasteiger partial charge in [-0.05, 0) is 29.3 Å². The van der Waals surface area contributed by atoms with Crippen LogP contribution in [-0.4, -0.2) is 28.0 Å². The van der Waals surface area contributed by atoms with Crippen LogP contribution >= 0.6 is 12.2 Å². The zero-order chi connectivity index (χ0) is 19.6. The van der Waals surface area contributed by atoms with Crippen LogP contribution in [0.4, 0.5) is 13.2 Å². The number of halogens is 3. The van der Waals surface area contributed by atoms with Crippen molar-refractivity contribution in [3.8, 4) is 11.1 Å². The summed E-state index contributed by atoms with van der Waals surface area (Å²) in [7, 11) is 0. The number of hydrogen-bond acceptors (Lipinski definition) is 2. The second-order valence-corrected chi connectivity index (χ2v) is 6.88. The molecule has 0 saturated carbocycles. The third kappa shape index (κ3) is 3.84. The summed E-state index contributed by atoms with van der Waals surface area (Å²) in [6, 6.07) is 9.86. The first-order valence-corrected chi connectivity index (χ1v) is 8.83. The van der Waals surface area contributed by atoms with Crippen LogP contribution in [0.15, 0.2) is 42.6 Å². The minimum Gasteiger partial charge on any atom is -0.392 e. The van der Waals surface area contributed by atoms with Gasteiger partial charge in [-0.1, -0.05) is 30.4 Å². The van der Waals surface area contributed by atoms with Crippen molar-refractivity contribution in [2.24, 2.45) is 11.7 Å². The fourth-order valence-corrected chi connectivity index (χ4v) is 3.27. The molecule has 0 aliphatic carbocycles. The second-order valence-electron chi connectivity index (χ2n) is 6.44. The number of aliphatic hydroxyl groups excluding tert-OH is 1. The van der Waals surface area contributed by atoms with Gasteiger partial charge in [0.15, 0.2) is 0 Å². The quantitative estimate of drug-likeness (QED) is 0.595. The highest BCUT2D eigenvalue weighted by Gasteiger charge is 2.16. The summed E-state index contributed by atoms with van der Waals surface area (Å²) in [5.41, 5.74) is 8.62. The number of nitrogens with zero attached hydrogens (tertiary/aromatic N) is 1. The zero-order valence-electron chi connectivity index (χ0n) is 14.5. The molecule has 0 amide bonds. The maximum absolute atomic E-state index is 13.9. The van der Waals surface area contributed by atoms with E-state index in [0.29, 0.717) is 11.1 Å². The summed E-state index contributed by atoms with van der Waals surface area (Å²) >= 11 is 4.90. The third-order valence-electron chi connectivity index (χ3n) is 4.56. The van der Waals surface area contributed by atoms with E-state index in [1.165, 1.54) is 6.07 Å². The molecule has 0 aliphatic rings. The molecule has 1 heterocycles. The molecule has 3 N–H and O–H groups in total. The average Bonchev–Trinajstić information content (AvgIpc) is 3.03. The maximum atomic E-state index is 13.9. The highest BCUT2D eigenvalue weighted by molar-refractivity contribution is 7.80. The molecule has 27 heavy (non-hydrogen) atoms. The van der Waals surface area contributed by atoms with Crippen LogP contribution in [0.2, 0.25) is 0 Å². The van der Waals surface area contributed by atoms with E-state index < -0.39 is 25.1 Å². The molecule has 0 fully saturated rings. The van der Waals surface area contributed by atoms with E-state index in [-0.39, 0.29) is 23.7 Å². The van der Waals surface area contributed by atoms with Gasteiger partial charge in [0.25, 0.3) is 0 Å². The molecule has 7 heteroatoms. The molecular weight excluding hydrogens is 373 g/mol. The van der Waals surface area contributed by atoms with Crippen molar-refractivity contribution >= 4 is 28.1 Å². The van der Waals surface area contributed by atoms with Crippen molar-refractivity contribution in [3.05, 3.63) is 59.5 Å². The molecule has 0 radical (unpaired) electrons. The van der Waals surface area contributed by atoms with Crippen molar-refractivity contribution in [1.82, 2.24) is 4.57 Å². The van der Waals surface area contributed by atoms with Crippen LogP contribution in [0.1, 0.15) is 11.1 Å². The second kappa shape index (κ2) is 8.10. The van der Waals surface area contributed by atoms with E-state index in [2.05, 4.69) is 0 Å². The highest BCUT2D eigenvalue weighted by Crippen LogP contribution is 2.33. The minimum absolute atomic E-state index is 0.0458. The van der Waals surface area contributed by atoms with Gasteiger partial charge in [-0.3, -0.25) is 8.78 Å². The Bertz CT molecular complexity index is 983. The van der Waals surface area contributed by atoms with Crippen LogP contribution < -0.4 is 5.73 Å². The van der Waals surface area contributed by atoms with Crippen molar-refractivity contribution in [1.29, 1.82) is 0 Å². The summed E-state index contributed by atoms with van der Waals surface area (Å²) in [4.78, 5) is -0.0458. The molecule has 2 aromatic carbocycles. The van der Waals surface area contributed by atoms with Gasteiger partial charge in [0, 0.05) is 40.7 Å². The Morgan fingerprint density at radius 2 is 1.89 bits per heavy atom. The number of thiocarbonyl (C=S) groups is 1. The van der Waals surface area contributed by atoms with E-state index in [1.54, 1.807) is 35.0 Å². The molecular formula is C20H19F3N2OS. The Morgan fingerprint density at radius 3 is 2.52 bits per heavy atom. The molecule has 142 valence electrons. The number of aliphatic hydroxyl groups is 1. The number of rotatable bonds is 7. The first-order valence-electron chi connectivity index (χ1n) is 8.42. The Balaban J connectivity index is 2.18. The van der Waals surface area contributed by atoms with Crippen LogP contribution in [0.25, 0.3) is 22.0 Å². The molecule has 0 bridgehead atoms. The van der Waals surface area contributed by atoms with Gasteiger partial charge < -0.3 is 15.4 Å². The number of aromatic nitrogens is 1. The lowest BCUT2D eigenvalue weighted by molar-refractivity contribution is 0.264. The molecule has 3 nitrogen and oxygen atoms in total. The largest absolute Gasteiger partial charge is 0.392 e. The smallest absolute Gasteiger partial charge is 0.133 e. The van der Waals surface area contributed by atoms with Gasteiger partial charge in [0.1, 0.15) is 10.8 Å². The van der Waals surface area contributed by atoms with Gasteiger partial charge in [-0.2, -0.15) is 0 Å². The van der Waals surface area contributed by atoms with E-state index in [1.807, 2.05) is 6.07 Å². The zero-order valence-corrected chi connectivity index (χ0v) is 15.3. The average molecular weight is 392 g/mol. The number of nitrogens with two attached hydrogens (primary N) is 1. The number of fused-ring (bicyclic) bond motifs is 1. The Kier molecular flexibility index (Phi) is 5.82. The fourth-order valence-electron chi connectivity index (χ4n) is 3.12. The summed E-state index contributed by atoms with van der Waals surface area (Å²) in [5.74, 6) is -1.26. The predicted octanol–water partition coefficient (Wildman–Crippen LogP) is 4.13. The molecule has 3 aromatic rings. The van der Waals surface area contributed by atoms with E-state index in [4.69, 9.17) is 18.0 Å². The topological polar surface area (TPSA) is 51.2 Å². The van der Waals surface area contributed by atoms with Crippen LogP contribution in [-0.2, 0) is 13.2 Å². The molecule has 0 unspecified atom stereocenters. The van der Waals surface area contributed by atoms with E-state index >= 15 is 0 Å². The standard InChI is InChI=1S/C20H19F3N2OS/c21-7-13(8-22)9-25-10-17(15-3-1-12(11-26)5-19(15)25)14-2-4-18(23)16(6-14)20(24)27/h1-6,10,13,26H,7-9,11H2,(H2,24,27). The summed E-state index contributed by atoms with van der Waals surface area (Å²) < 4.78 is 41.8. The fraction of sp³-hybridized carbons (Fsp3) is 0.250. The number of hydrogen-bond donors (Lipinski definition) is 2. The predicted molar refractivity (Wildman–Crippen MR) is 105 cm³/mol. The van der Waals surface area contributed by atoms with Gasteiger partial charge in [-0.25, -0.2) is 4.39 Å². The summed E-state index contributed by atoms with van der Waals surface area (Å²) in [5, 5.41) is 10.2. The summed E-state index contributed by atoms with van der Waals surface area (Å²) in [6.45, 7) is -1.53. The number of alkyl halides is 2. The first-order chi connectivity index (χ1) is 13.0. The van der Waals surface area contributed by atoms with Crippen molar-refractivity contribution in [3.63, 3.8) is 0 Å². The van der Waals surface area contributed by atoms with Gasteiger partial charge >= 0.3 is 0 Å². The van der Waals surface area contributed by atoms with Gasteiger partial charge in [-0.15, -0.1) is 0 Å². The lowest BCUT2D eigenvalue weighted by atomic mass is 10.0. The maximum Gasteiger partial charge on any atom is 0.133 e. The minimum atomic E-state index is -0.770. The van der Waals surface area contributed by atoms with Crippen LogP contribution in [0.3, 0.4) is 0 Å². The number of benzene rings is 2. The Morgan fingerprint density at radius 1 is 1.15 bits per heavy atom. The Labute approximate surface area is 160 Å². The molecule has 0 atom stereocenters. The first kappa shape index (κ1) is 19.4. The molecule has 1 aromatic heterocycles. The van der Waals surface area contributed by atoms with Crippen molar-refractivity contribution in [2.45, 2.75) is 13.2 Å². The highest BCUT2D eigenvalue weighted by atomic mass is 32.1. The third-order valence-corrected chi connectivity index (χ3v) is 4.78. The van der Waals surface area contributed by atoms with Gasteiger partial charge in [0.05, 0.1) is 20.0 Å². The lowest BCUT2D eigenvalue weighted by Crippen LogP contribution is -2.14.